The molecule has 1 aliphatic heterocycles. The van der Waals surface area contributed by atoms with Crippen molar-refractivity contribution in [1.82, 2.24) is 10.2 Å². The lowest BCUT2D eigenvalue weighted by Gasteiger charge is -2.33. The fourth-order valence-corrected chi connectivity index (χ4v) is 2.74. The smallest absolute Gasteiger partial charge is 0.0235 e. The van der Waals surface area contributed by atoms with Crippen LogP contribution in [0.3, 0.4) is 0 Å². The highest BCUT2D eigenvalue weighted by atomic mass is 15.2. The molecule has 1 fully saturated rings. The average molecular weight is 246 g/mol. The van der Waals surface area contributed by atoms with E-state index >= 15 is 0 Å². The Labute approximate surface area is 111 Å². The van der Waals surface area contributed by atoms with Crippen LogP contribution < -0.4 is 5.32 Å². The third-order valence-corrected chi connectivity index (χ3v) is 3.95. The molecule has 0 aliphatic carbocycles. The molecule has 1 atom stereocenters. The van der Waals surface area contributed by atoms with E-state index in [1.54, 1.807) is 0 Å². The van der Waals surface area contributed by atoms with Gasteiger partial charge in [-0.1, -0.05) is 31.5 Å². The number of hydrogen-bond donors (Lipinski definition) is 1. The van der Waals surface area contributed by atoms with Gasteiger partial charge < -0.3 is 5.32 Å². The first-order chi connectivity index (χ1) is 8.69. The van der Waals surface area contributed by atoms with E-state index in [1.807, 2.05) is 0 Å². The van der Waals surface area contributed by atoms with E-state index in [2.05, 4.69) is 49.2 Å². The van der Waals surface area contributed by atoms with Crippen LogP contribution in [0.2, 0.25) is 0 Å². The minimum atomic E-state index is 0.690. The Bertz CT molecular complexity index is 385. The van der Waals surface area contributed by atoms with Crippen LogP contribution >= 0.6 is 0 Å². The lowest BCUT2D eigenvalue weighted by molar-refractivity contribution is 0.187. The van der Waals surface area contributed by atoms with Gasteiger partial charge in [0.2, 0.25) is 0 Å². The van der Waals surface area contributed by atoms with Gasteiger partial charge in [0.15, 0.2) is 0 Å². The van der Waals surface area contributed by atoms with Crippen molar-refractivity contribution in [2.45, 2.75) is 46.2 Å². The summed E-state index contributed by atoms with van der Waals surface area (Å²) in [5, 5.41) is 3.61. The largest absolute Gasteiger partial charge is 0.311 e. The van der Waals surface area contributed by atoms with Gasteiger partial charge in [-0.2, -0.15) is 0 Å². The molecule has 2 heteroatoms. The highest BCUT2D eigenvalue weighted by Crippen LogP contribution is 2.14. The van der Waals surface area contributed by atoms with Crippen molar-refractivity contribution < 1.29 is 0 Å². The van der Waals surface area contributed by atoms with Gasteiger partial charge in [-0.3, -0.25) is 4.90 Å². The Morgan fingerprint density at radius 1 is 1.28 bits per heavy atom. The molecule has 100 valence electrons. The van der Waals surface area contributed by atoms with E-state index in [0.717, 1.165) is 13.1 Å². The number of benzene rings is 1. The van der Waals surface area contributed by atoms with Crippen molar-refractivity contribution in [1.29, 1.82) is 0 Å². The molecule has 1 N–H and O–H groups in total. The molecule has 1 aliphatic rings. The molecule has 0 radical (unpaired) electrons. The van der Waals surface area contributed by atoms with Crippen LogP contribution in [-0.2, 0) is 6.54 Å². The molecular formula is C16H26N2. The van der Waals surface area contributed by atoms with Crippen molar-refractivity contribution in [3.8, 4) is 0 Å². The second kappa shape index (κ2) is 6.35. The molecule has 0 amide bonds. The number of rotatable bonds is 4. The van der Waals surface area contributed by atoms with Gasteiger partial charge in [-0.15, -0.1) is 0 Å². The Kier molecular flexibility index (Phi) is 4.79. The maximum absolute atomic E-state index is 3.61. The van der Waals surface area contributed by atoms with E-state index in [1.165, 1.54) is 42.6 Å². The summed E-state index contributed by atoms with van der Waals surface area (Å²) in [4.78, 5) is 2.58. The molecule has 0 bridgehead atoms. The zero-order valence-electron chi connectivity index (χ0n) is 12.0. The quantitative estimate of drug-likeness (QED) is 0.879. The van der Waals surface area contributed by atoms with Crippen molar-refractivity contribution in [3.63, 3.8) is 0 Å². The average Bonchev–Trinajstić information content (AvgIpc) is 2.35. The van der Waals surface area contributed by atoms with Gasteiger partial charge in [0.05, 0.1) is 0 Å². The van der Waals surface area contributed by atoms with Crippen LogP contribution in [0, 0.1) is 13.8 Å². The number of piperazine rings is 1. The van der Waals surface area contributed by atoms with E-state index in [0.29, 0.717) is 6.04 Å². The molecule has 2 nitrogen and oxygen atoms in total. The molecule has 0 spiro atoms. The number of nitrogens with zero attached hydrogens (tertiary/aromatic N) is 1. The molecule has 1 saturated heterocycles. The van der Waals surface area contributed by atoms with Gasteiger partial charge >= 0.3 is 0 Å². The van der Waals surface area contributed by atoms with Crippen molar-refractivity contribution in [3.05, 3.63) is 34.9 Å². The lowest BCUT2D eigenvalue weighted by Crippen LogP contribution is -2.50. The van der Waals surface area contributed by atoms with Crippen LogP contribution in [0.1, 0.15) is 36.5 Å². The minimum Gasteiger partial charge on any atom is -0.311 e. The Balaban J connectivity index is 1.93. The Morgan fingerprint density at radius 2 is 2.11 bits per heavy atom. The molecule has 1 aromatic carbocycles. The number of aryl methyl sites for hydroxylation is 2. The molecule has 1 aromatic rings. The number of hydrogen-bond acceptors (Lipinski definition) is 2. The molecular weight excluding hydrogens is 220 g/mol. The van der Waals surface area contributed by atoms with Gasteiger partial charge in [0.1, 0.15) is 0 Å². The van der Waals surface area contributed by atoms with Crippen LogP contribution in [-0.4, -0.2) is 30.6 Å². The fourth-order valence-electron chi connectivity index (χ4n) is 2.74. The van der Waals surface area contributed by atoms with Crippen LogP contribution in [0.4, 0.5) is 0 Å². The summed E-state index contributed by atoms with van der Waals surface area (Å²) in [7, 11) is 0. The summed E-state index contributed by atoms with van der Waals surface area (Å²) >= 11 is 0. The molecule has 18 heavy (non-hydrogen) atoms. The molecule has 1 heterocycles. The third-order valence-electron chi connectivity index (χ3n) is 3.95. The summed E-state index contributed by atoms with van der Waals surface area (Å²) in [6.45, 7) is 11.3. The molecule has 2 rings (SSSR count). The van der Waals surface area contributed by atoms with Crippen molar-refractivity contribution >= 4 is 0 Å². The zero-order valence-corrected chi connectivity index (χ0v) is 12.0. The summed E-state index contributed by atoms with van der Waals surface area (Å²) in [5.74, 6) is 0. The first-order valence-corrected chi connectivity index (χ1v) is 7.21. The van der Waals surface area contributed by atoms with E-state index in [-0.39, 0.29) is 0 Å². The predicted molar refractivity (Wildman–Crippen MR) is 77.9 cm³/mol. The van der Waals surface area contributed by atoms with Crippen molar-refractivity contribution in [2.75, 3.05) is 19.6 Å². The lowest BCUT2D eigenvalue weighted by atomic mass is 10.0. The number of nitrogens with one attached hydrogen (secondary N) is 1. The summed E-state index contributed by atoms with van der Waals surface area (Å²) < 4.78 is 0. The highest BCUT2D eigenvalue weighted by Gasteiger charge is 2.18. The van der Waals surface area contributed by atoms with Crippen molar-refractivity contribution in [2.24, 2.45) is 0 Å². The van der Waals surface area contributed by atoms with E-state index < -0.39 is 0 Å². The van der Waals surface area contributed by atoms with Gasteiger partial charge in [0, 0.05) is 32.2 Å². The highest BCUT2D eigenvalue weighted by molar-refractivity contribution is 5.29. The first-order valence-electron chi connectivity index (χ1n) is 7.21. The van der Waals surface area contributed by atoms with Gasteiger partial charge in [-0.05, 0) is 37.0 Å². The maximum atomic E-state index is 3.61. The summed E-state index contributed by atoms with van der Waals surface area (Å²) in [5.41, 5.74) is 4.26. The first kappa shape index (κ1) is 13.6. The summed E-state index contributed by atoms with van der Waals surface area (Å²) in [6.07, 6.45) is 2.57. The molecule has 0 saturated carbocycles. The SMILES string of the molecule is CCCC1CN(Cc2ccc(C)c(C)c2)CCN1. The maximum Gasteiger partial charge on any atom is 0.0235 e. The Morgan fingerprint density at radius 3 is 2.83 bits per heavy atom. The monoisotopic (exact) mass is 246 g/mol. The third kappa shape index (κ3) is 3.56. The van der Waals surface area contributed by atoms with Crippen LogP contribution in [0.25, 0.3) is 0 Å². The van der Waals surface area contributed by atoms with Gasteiger partial charge in [-0.25, -0.2) is 0 Å². The molecule has 0 aromatic heterocycles. The van der Waals surface area contributed by atoms with E-state index in [9.17, 15) is 0 Å². The fraction of sp³-hybridized carbons (Fsp3) is 0.625. The second-order valence-electron chi connectivity index (χ2n) is 5.59. The van der Waals surface area contributed by atoms with E-state index in [4.69, 9.17) is 0 Å². The van der Waals surface area contributed by atoms with Crippen LogP contribution in [0.5, 0.6) is 0 Å². The second-order valence-corrected chi connectivity index (χ2v) is 5.59. The summed E-state index contributed by atoms with van der Waals surface area (Å²) in [6, 6.07) is 7.55. The normalized spacial score (nSPS) is 21.2. The Hall–Kier alpha value is -0.860. The predicted octanol–water partition coefficient (Wildman–Crippen LogP) is 2.88. The zero-order chi connectivity index (χ0) is 13.0. The topological polar surface area (TPSA) is 15.3 Å². The van der Waals surface area contributed by atoms with Gasteiger partial charge in [0.25, 0.3) is 0 Å². The van der Waals surface area contributed by atoms with Crippen LogP contribution in [0.15, 0.2) is 18.2 Å². The molecule has 1 unspecified atom stereocenters. The minimum absolute atomic E-state index is 0.690. The standard InChI is InChI=1S/C16H26N2/c1-4-5-16-12-18(9-8-17-16)11-15-7-6-13(2)14(3)10-15/h6-7,10,16-17H,4-5,8-9,11-12H2,1-3H3.